The fourth-order valence-corrected chi connectivity index (χ4v) is 1.18. The molecule has 0 aliphatic rings. The van der Waals surface area contributed by atoms with Crippen molar-refractivity contribution < 1.29 is 5.11 Å². The molecule has 13 heavy (non-hydrogen) atoms. The van der Waals surface area contributed by atoms with E-state index >= 15 is 0 Å². The van der Waals surface area contributed by atoms with Crippen LogP contribution in [0.2, 0.25) is 0 Å². The van der Waals surface area contributed by atoms with E-state index in [-0.39, 0.29) is 6.61 Å². The van der Waals surface area contributed by atoms with Crippen LogP contribution in [0.4, 0.5) is 0 Å². The van der Waals surface area contributed by atoms with Crippen molar-refractivity contribution in [1.82, 2.24) is 0 Å². The van der Waals surface area contributed by atoms with E-state index < -0.39 is 0 Å². The summed E-state index contributed by atoms with van der Waals surface area (Å²) in [7, 11) is 0. The van der Waals surface area contributed by atoms with Crippen LogP contribution in [0.3, 0.4) is 0 Å². The normalized spacial score (nSPS) is 11.8. The smallest absolute Gasteiger partial charge is 0.0822 e. The van der Waals surface area contributed by atoms with Gasteiger partial charge < -0.3 is 0 Å². The van der Waals surface area contributed by atoms with Gasteiger partial charge >= 0.3 is 0 Å². The third-order valence-electron chi connectivity index (χ3n) is 1.95. The van der Waals surface area contributed by atoms with Crippen LogP contribution in [0, 0.1) is 0 Å². The van der Waals surface area contributed by atoms with E-state index in [2.05, 4.69) is 18.2 Å². The molecule has 0 saturated heterocycles. The minimum Gasteiger partial charge on any atom is -0.237 e. The summed E-state index contributed by atoms with van der Waals surface area (Å²) < 4.78 is 0. The van der Waals surface area contributed by atoms with Gasteiger partial charge in [-0.05, 0) is 26.2 Å². The number of hydrogen-bond acceptors (Lipinski definition) is 0. The Morgan fingerprint density at radius 3 is 2.31 bits per heavy atom. The molecule has 0 heterocycles. The van der Waals surface area contributed by atoms with E-state index in [1.165, 1.54) is 25.7 Å². The average Bonchev–Trinajstić information content (AvgIpc) is 2.16. The Bertz CT molecular complexity index is 136. The van der Waals surface area contributed by atoms with Gasteiger partial charge in [-0.1, -0.05) is 43.6 Å². The second-order valence-electron chi connectivity index (χ2n) is 3.21. The second-order valence-corrected chi connectivity index (χ2v) is 3.21. The van der Waals surface area contributed by atoms with E-state index in [9.17, 15) is 5.11 Å². The fraction of sp³-hybridized carbons (Fsp3) is 0.667. The summed E-state index contributed by atoms with van der Waals surface area (Å²) in [6, 6.07) is 0. The molecule has 0 fully saturated rings. The fourth-order valence-electron chi connectivity index (χ4n) is 1.18. The molecule has 0 spiro atoms. The molecule has 1 heteroatoms. The maximum Gasteiger partial charge on any atom is 0.0822 e. The van der Waals surface area contributed by atoms with Crippen molar-refractivity contribution in [2.75, 3.05) is 6.61 Å². The van der Waals surface area contributed by atoms with E-state index in [1.807, 2.05) is 13.0 Å². The van der Waals surface area contributed by atoms with Crippen molar-refractivity contribution in [1.29, 1.82) is 0 Å². The molecule has 0 N–H and O–H groups in total. The molecule has 0 saturated carbocycles. The Morgan fingerprint density at radius 1 is 0.923 bits per heavy atom. The largest absolute Gasteiger partial charge is 0.237 e. The summed E-state index contributed by atoms with van der Waals surface area (Å²) in [6.07, 6.45) is 15.3. The van der Waals surface area contributed by atoms with Crippen LogP contribution in [-0.2, 0) is 5.11 Å². The lowest BCUT2D eigenvalue weighted by Crippen LogP contribution is -1.81. The molecule has 75 valence electrons. The van der Waals surface area contributed by atoms with Gasteiger partial charge in [0.2, 0.25) is 0 Å². The minimum atomic E-state index is 0.0984. The number of unbranched alkanes of at least 4 members (excludes halogenated alkanes) is 5. The average molecular weight is 181 g/mol. The Hall–Kier alpha value is -0.560. The van der Waals surface area contributed by atoms with Crippen molar-refractivity contribution in [2.45, 2.75) is 45.4 Å². The SMILES string of the molecule is C/C=C/C=C/CCCCCCC[O]. The molecule has 0 aromatic rings. The van der Waals surface area contributed by atoms with Gasteiger partial charge in [0.05, 0.1) is 6.61 Å². The van der Waals surface area contributed by atoms with E-state index in [1.54, 1.807) is 0 Å². The summed E-state index contributed by atoms with van der Waals surface area (Å²) >= 11 is 0. The van der Waals surface area contributed by atoms with Crippen molar-refractivity contribution >= 4 is 0 Å². The highest BCUT2D eigenvalue weighted by molar-refractivity contribution is 5.00. The van der Waals surface area contributed by atoms with Gasteiger partial charge in [0.15, 0.2) is 0 Å². The molecule has 0 aromatic heterocycles. The van der Waals surface area contributed by atoms with Gasteiger partial charge in [0.25, 0.3) is 0 Å². The molecule has 1 radical (unpaired) electrons. The first kappa shape index (κ1) is 12.4. The number of hydrogen-bond donors (Lipinski definition) is 0. The van der Waals surface area contributed by atoms with Crippen LogP contribution >= 0.6 is 0 Å². The molecule has 0 amide bonds. The second kappa shape index (κ2) is 11.4. The summed E-state index contributed by atoms with van der Waals surface area (Å²) in [6.45, 7) is 2.12. The lowest BCUT2D eigenvalue weighted by Gasteiger charge is -1.96. The molecule has 1 nitrogen and oxygen atoms in total. The molecule has 0 atom stereocenters. The molecular formula is C12H21O. The van der Waals surface area contributed by atoms with E-state index in [4.69, 9.17) is 0 Å². The zero-order chi connectivity index (χ0) is 9.78. The highest BCUT2D eigenvalue weighted by Crippen LogP contribution is 2.05. The van der Waals surface area contributed by atoms with Crippen LogP contribution in [0.15, 0.2) is 24.3 Å². The third kappa shape index (κ3) is 11.4. The van der Waals surface area contributed by atoms with E-state index in [0.29, 0.717) is 0 Å². The van der Waals surface area contributed by atoms with Crippen LogP contribution in [0.25, 0.3) is 0 Å². The lowest BCUT2D eigenvalue weighted by atomic mass is 10.1. The Labute approximate surface area is 82.2 Å². The van der Waals surface area contributed by atoms with Gasteiger partial charge in [0.1, 0.15) is 0 Å². The molecule has 0 rings (SSSR count). The van der Waals surface area contributed by atoms with Gasteiger partial charge in [-0.15, -0.1) is 0 Å². The van der Waals surface area contributed by atoms with Crippen LogP contribution in [-0.4, -0.2) is 6.61 Å². The van der Waals surface area contributed by atoms with Crippen molar-refractivity contribution in [3.05, 3.63) is 24.3 Å². The lowest BCUT2D eigenvalue weighted by molar-refractivity contribution is 0.186. The molecule has 0 bridgehead atoms. The maximum absolute atomic E-state index is 10.1. The first-order chi connectivity index (χ1) is 6.41. The quantitative estimate of drug-likeness (QED) is 0.400. The van der Waals surface area contributed by atoms with Gasteiger partial charge in [-0.25, -0.2) is 5.11 Å². The molecule has 0 aromatic carbocycles. The zero-order valence-electron chi connectivity index (χ0n) is 8.67. The molecule has 0 unspecified atom stereocenters. The van der Waals surface area contributed by atoms with Gasteiger partial charge in [0, 0.05) is 0 Å². The number of allylic oxidation sites excluding steroid dienone is 4. The Kier molecular flexibility index (Phi) is 10.9. The summed E-state index contributed by atoms with van der Waals surface area (Å²) in [4.78, 5) is 0. The van der Waals surface area contributed by atoms with Crippen LogP contribution in [0.1, 0.15) is 45.4 Å². The molecular weight excluding hydrogens is 160 g/mol. The third-order valence-corrected chi connectivity index (χ3v) is 1.95. The maximum atomic E-state index is 10.1. The number of rotatable bonds is 8. The standard InChI is InChI=1S/C12H21O/c1-2-3-4-5-6-7-8-9-10-11-12-13/h2-5H,6-12H2,1H3/b3-2+,5-4+. The minimum absolute atomic E-state index is 0.0984. The molecule has 0 aliphatic heterocycles. The Morgan fingerprint density at radius 2 is 1.62 bits per heavy atom. The predicted octanol–water partition coefficient (Wildman–Crippen LogP) is 3.89. The Balaban J connectivity index is 2.99. The highest BCUT2D eigenvalue weighted by atomic mass is 16.2. The highest BCUT2D eigenvalue weighted by Gasteiger charge is 1.88. The van der Waals surface area contributed by atoms with Crippen molar-refractivity contribution in [3.63, 3.8) is 0 Å². The topological polar surface area (TPSA) is 19.9 Å². The van der Waals surface area contributed by atoms with Gasteiger partial charge in [-0.3, -0.25) is 0 Å². The first-order valence-corrected chi connectivity index (χ1v) is 5.27. The van der Waals surface area contributed by atoms with Crippen LogP contribution in [0.5, 0.6) is 0 Å². The monoisotopic (exact) mass is 181 g/mol. The van der Waals surface area contributed by atoms with Gasteiger partial charge in [-0.2, -0.15) is 0 Å². The first-order valence-electron chi connectivity index (χ1n) is 5.27. The van der Waals surface area contributed by atoms with Crippen LogP contribution < -0.4 is 0 Å². The zero-order valence-corrected chi connectivity index (χ0v) is 8.67. The van der Waals surface area contributed by atoms with Crippen molar-refractivity contribution in [3.8, 4) is 0 Å². The summed E-state index contributed by atoms with van der Waals surface area (Å²) in [5, 5.41) is 10.1. The van der Waals surface area contributed by atoms with E-state index in [0.717, 1.165) is 12.8 Å². The summed E-state index contributed by atoms with van der Waals surface area (Å²) in [5.74, 6) is 0. The summed E-state index contributed by atoms with van der Waals surface area (Å²) in [5.41, 5.74) is 0. The predicted molar refractivity (Wildman–Crippen MR) is 57.2 cm³/mol. The van der Waals surface area contributed by atoms with Crippen molar-refractivity contribution in [2.24, 2.45) is 0 Å². The molecule has 0 aliphatic carbocycles.